The highest BCUT2D eigenvalue weighted by molar-refractivity contribution is 7.71. The highest BCUT2D eigenvalue weighted by Gasteiger charge is 2.18. The van der Waals surface area contributed by atoms with Crippen molar-refractivity contribution < 1.29 is 4.42 Å². The third-order valence-electron chi connectivity index (χ3n) is 2.63. The average Bonchev–Trinajstić information content (AvgIpc) is 2.59. The average molecular weight is 203 g/mol. The zero-order valence-electron chi connectivity index (χ0n) is 7.54. The lowest BCUT2D eigenvalue weighted by molar-refractivity contribution is 0.488. The van der Waals surface area contributed by atoms with Crippen LogP contribution in [0.4, 0.5) is 0 Å². The Morgan fingerprint density at radius 3 is 3.00 bits per heavy atom. The summed E-state index contributed by atoms with van der Waals surface area (Å²) >= 11 is 4.99. The summed E-state index contributed by atoms with van der Waals surface area (Å²) in [7, 11) is 0. The first kappa shape index (κ1) is 8.00. The van der Waals surface area contributed by atoms with E-state index >= 15 is 0 Å². The fraction of sp³-hybridized carbons (Fsp3) is 0.182. The quantitative estimate of drug-likeness (QED) is 0.666. The minimum absolute atomic E-state index is 0.478. The van der Waals surface area contributed by atoms with Gasteiger partial charge >= 0.3 is 0 Å². The van der Waals surface area contributed by atoms with Gasteiger partial charge in [-0.15, -0.1) is 0 Å². The number of nitrogens with one attached hydrogen (secondary N) is 1. The number of aryl methyl sites for hydroxylation is 2. The molecule has 0 saturated heterocycles. The van der Waals surface area contributed by atoms with Gasteiger partial charge in [0.15, 0.2) is 0 Å². The molecule has 0 bridgehead atoms. The van der Waals surface area contributed by atoms with E-state index < -0.39 is 0 Å². The SMILES string of the molecule is S=c1[nH]c2c(o1)CCc1ccccc1-2. The molecule has 0 unspecified atom stereocenters. The van der Waals surface area contributed by atoms with Gasteiger partial charge in [0.2, 0.25) is 0 Å². The van der Waals surface area contributed by atoms with Gasteiger partial charge in [0.1, 0.15) is 5.76 Å². The van der Waals surface area contributed by atoms with E-state index in [9.17, 15) is 0 Å². The molecule has 0 saturated carbocycles. The second-order valence-corrected chi connectivity index (χ2v) is 3.84. The van der Waals surface area contributed by atoms with Crippen LogP contribution in [0, 0.1) is 4.84 Å². The Morgan fingerprint density at radius 2 is 2.07 bits per heavy atom. The Bertz CT molecular complexity index is 538. The van der Waals surface area contributed by atoms with Gasteiger partial charge in [0.25, 0.3) is 4.84 Å². The Balaban J connectivity index is 2.33. The maximum Gasteiger partial charge on any atom is 0.266 e. The van der Waals surface area contributed by atoms with Crippen molar-refractivity contribution in [1.82, 2.24) is 4.98 Å². The Hall–Kier alpha value is -1.35. The minimum Gasteiger partial charge on any atom is -0.434 e. The molecule has 0 spiro atoms. The van der Waals surface area contributed by atoms with E-state index in [1.807, 2.05) is 6.07 Å². The molecule has 0 amide bonds. The van der Waals surface area contributed by atoms with Gasteiger partial charge < -0.3 is 9.40 Å². The van der Waals surface area contributed by atoms with Crippen molar-refractivity contribution in [3.8, 4) is 11.3 Å². The predicted molar refractivity (Wildman–Crippen MR) is 56.7 cm³/mol. The molecule has 0 radical (unpaired) electrons. The molecule has 1 aromatic carbocycles. The lowest BCUT2D eigenvalue weighted by Gasteiger charge is -2.13. The maximum atomic E-state index is 5.42. The van der Waals surface area contributed by atoms with Gasteiger partial charge in [0.05, 0.1) is 5.69 Å². The van der Waals surface area contributed by atoms with Crippen LogP contribution in [0.5, 0.6) is 0 Å². The number of benzene rings is 1. The van der Waals surface area contributed by atoms with Crippen molar-refractivity contribution >= 4 is 12.2 Å². The first-order valence-electron chi connectivity index (χ1n) is 4.65. The molecule has 0 aliphatic heterocycles. The number of aromatic amines is 1. The first-order chi connectivity index (χ1) is 6.84. The summed E-state index contributed by atoms with van der Waals surface area (Å²) in [4.78, 5) is 3.58. The van der Waals surface area contributed by atoms with Gasteiger partial charge in [-0.3, -0.25) is 0 Å². The second kappa shape index (κ2) is 2.82. The molecule has 1 N–H and O–H groups in total. The van der Waals surface area contributed by atoms with Crippen molar-refractivity contribution in [3.05, 3.63) is 40.4 Å². The molecule has 3 heteroatoms. The van der Waals surface area contributed by atoms with Gasteiger partial charge in [0, 0.05) is 12.0 Å². The van der Waals surface area contributed by atoms with Crippen LogP contribution in [-0.2, 0) is 12.8 Å². The summed E-state index contributed by atoms with van der Waals surface area (Å²) in [5.41, 5.74) is 3.66. The molecule has 70 valence electrons. The van der Waals surface area contributed by atoms with E-state index in [4.69, 9.17) is 16.6 Å². The topological polar surface area (TPSA) is 28.9 Å². The van der Waals surface area contributed by atoms with Crippen LogP contribution < -0.4 is 0 Å². The minimum atomic E-state index is 0.478. The van der Waals surface area contributed by atoms with E-state index in [0.717, 1.165) is 24.3 Å². The zero-order valence-corrected chi connectivity index (χ0v) is 8.36. The number of H-pyrrole nitrogens is 1. The van der Waals surface area contributed by atoms with Gasteiger partial charge in [-0.1, -0.05) is 24.3 Å². The molecule has 1 aromatic heterocycles. The van der Waals surface area contributed by atoms with Crippen LogP contribution in [-0.4, -0.2) is 4.98 Å². The van der Waals surface area contributed by atoms with Gasteiger partial charge in [-0.05, 0) is 24.2 Å². The van der Waals surface area contributed by atoms with Crippen LogP contribution in [0.25, 0.3) is 11.3 Å². The van der Waals surface area contributed by atoms with Crippen molar-refractivity contribution in [2.45, 2.75) is 12.8 Å². The maximum absolute atomic E-state index is 5.42. The van der Waals surface area contributed by atoms with Crippen molar-refractivity contribution in [2.75, 3.05) is 0 Å². The summed E-state index contributed by atoms with van der Waals surface area (Å²) in [6.45, 7) is 0. The Morgan fingerprint density at radius 1 is 1.21 bits per heavy atom. The summed E-state index contributed by atoms with van der Waals surface area (Å²) in [6, 6.07) is 8.37. The molecule has 2 aromatic rings. The van der Waals surface area contributed by atoms with E-state index in [0.29, 0.717) is 4.84 Å². The van der Waals surface area contributed by atoms with Crippen molar-refractivity contribution in [3.63, 3.8) is 0 Å². The number of hydrogen-bond donors (Lipinski definition) is 1. The van der Waals surface area contributed by atoms with E-state index in [-0.39, 0.29) is 0 Å². The lowest BCUT2D eigenvalue weighted by atomic mass is 9.93. The number of oxazole rings is 1. The summed E-state index contributed by atoms with van der Waals surface area (Å²) in [6.07, 6.45) is 1.98. The Kier molecular flexibility index (Phi) is 1.61. The number of hydrogen-bond acceptors (Lipinski definition) is 2. The van der Waals surface area contributed by atoms with E-state index in [1.54, 1.807) is 0 Å². The van der Waals surface area contributed by atoms with Gasteiger partial charge in [-0.2, -0.15) is 0 Å². The fourth-order valence-electron chi connectivity index (χ4n) is 1.98. The first-order valence-corrected chi connectivity index (χ1v) is 5.06. The summed E-state index contributed by atoms with van der Waals surface area (Å²) in [5.74, 6) is 0.994. The normalized spacial score (nSPS) is 13.4. The molecule has 1 aliphatic rings. The third kappa shape index (κ3) is 1.06. The lowest BCUT2D eigenvalue weighted by Crippen LogP contribution is -2.01. The summed E-state index contributed by atoms with van der Waals surface area (Å²) < 4.78 is 5.42. The number of fused-ring (bicyclic) bond motifs is 3. The molecule has 2 nitrogen and oxygen atoms in total. The molecule has 1 heterocycles. The predicted octanol–water partition coefficient (Wildman–Crippen LogP) is 3.10. The van der Waals surface area contributed by atoms with Crippen LogP contribution in [0.3, 0.4) is 0 Å². The summed E-state index contributed by atoms with van der Waals surface area (Å²) in [5, 5.41) is 0. The highest BCUT2D eigenvalue weighted by atomic mass is 32.1. The molecular weight excluding hydrogens is 194 g/mol. The number of rotatable bonds is 0. The highest BCUT2D eigenvalue weighted by Crippen LogP contribution is 2.32. The van der Waals surface area contributed by atoms with Crippen LogP contribution >= 0.6 is 12.2 Å². The van der Waals surface area contributed by atoms with Crippen LogP contribution in [0.15, 0.2) is 28.7 Å². The van der Waals surface area contributed by atoms with E-state index in [1.165, 1.54) is 11.1 Å². The van der Waals surface area contributed by atoms with E-state index in [2.05, 4.69) is 23.2 Å². The molecule has 14 heavy (non-hydrogen) atoms. The number of aromatic nitrogens is 1. The smallest absolute Gasteiger partial charge is 0.266 e. The second-order valence-electron chi connectivity index (χ2n) is 3.47. The van der Waals surface area contributed by atoms with Crippen LogP contribution in [0.2, 0.25) is 0 Å². The monoisotopic (exact) mass is 203 g/mol. The van der Waals surface area contributed by atoms with Crippen molar-refractivity contribution in [2.24, 2.45) is 0 Å². The largest absolute Gasteiger partial charge is 0.434 e. The van der Waals surface area contributed by atoms with Gasteiger partial charge in [-0.25, -0.2) is 0 Å². The molecule has 1 aliphatic carbocycles. The fourth-order valence-corrected chi connectivity index (χ4v) is 2.19. The molecule has 0 fully saturated rings. The zero-order chi connectivity index (χ0) is 9.54. The Labute approximate surface area is 86.6 Å². The molecule has 3 rings (SSSR count). The standard InChI is InChI=1S/C11H9NOS/c14-11-12-10-8-4-2-1-3-7(8)5-6-9(10)13-11/h1-4H,5-6H2,(H,12,14). The van der Waals surface area contributed by atoms with Crippen molar-refractivity contribution in [1.29, 1.82) is 0 Å². The third-order valence-corrected chi connectivity index (χ3v) is 2.82. The molecular formula is C11H9NOS. The van der Waals surface area contributed by atoms with Crippen LogP contribution in [0.1, 0.15) is 11.3 Å². The molecule has 0 atom stereocenters.